The predicted octanol–water partition coefficient (Wildman–Crippen LogP) is 1.56. The molecule has 328 valence electrons. The third-order valence-electron chi connectivity index (χ3n) is 10.3. The molecule has 59 heavy (non-hydrogen) atoms. The number of nitrogens with one attached hydrogen (secondary N) is 2. The van der Waals surface area contributed by atoms with E-state index in [-0.39, 0.29) is 86.7 Å². The topological polar surface area (TPSA) is 328 Å². The van der Waals surface area contributed by atoms with Crippen LogP contribution in [0, 0.1) is 5.92 Å². The average Bonchev–Trinajstić information content (AvgIpc) is 3.87. The fourth-order valence-electron chi connectivity index (χ4n) is 7.60. The van der Waals surface area contributed by atoms with Crippen molar-refractivity contribution in [1.29, 1.82) is 0 Å². The third kappa shape index (κ3) is 11.0. The number of carbonyl (C=O) groups is 3. The van der Waals surface area contributed by atoms with Crippen molar-refractivity contribution in [3.8, 4) is 0 Å². The highest BCUT2D eigenvalue weighted by Gasteiger charge is 2.49. The van der Waals surface area contributed by atoms with Crippen LogP contribution >= 0.6 is 24.1 Å². The van der Waals surface area contributed by atoms with Gasteiger partial charge in [-0.3, -0.25) is 38.4 Å². The van der Waals surface area contributed by atoms with Gasteiger partial charge in [0.25, 0.3) is 37.6 Å². The molecule has 2 aliphatic carbocycles. The number of hydrazone groups is 1. The van der Waals surface area contributed by atoms with Crippen molar-refractivity contribution < 1.29 is 74.3 Å². The van der Waals surface area contributed by atoms with Crippen molar-refractivity contribution in [1.82, 2.24) is 25.0 Å². The summed E-state index contributed by atoms with van der Waals surface area (Å²) in [6.45, 7) is 0.243. The number of allylic oxidation sites excluding steroid dienone is 2. The summed E-state index contributed by atoms with van der Waals surface area (Å²) in [6, 6.07) is -2.44. The lowest BCUT2D eigenvalue weighted by Crippen LogP contribution is -2.50. The van der Waals surface area contributed by atoms with E-state index in [0.717, 1.165) is 16.1 Å². The number of H-pyrrole nitrogens is 1. The molecule has 3 amide bonds. The lowest BCUT2D eigenvalue weighted by molar-refractivity contribution is -0.432. The Bertz CT molecular complexity index is 2120. The SMILES string of the molecule is CN=COC1=NN(C2CC(SOOO)CCC2S(=O)(=O)O)C(=O)C1CC=C(C=Cc1c(C(=O)NC)[nH]n(C2CC(SOOO)CCC2S(=O)(=O)O)c1=O)N1CCCC1=O. The summed E-state index contributed by atoms with van der Waals surface area (Å²) in [5.41, 5.74) is -1.19. The van der Waals surface area contributed by atoms with Gasteiger partial charge in [-0.2, -0.15) is 16.8 Å². The Labute approximate surface area is 345 Å². The molecule has 6 N–H and O–H groups in total. The number of aliphatic imine (C=N–C) groups is 1. The van der Waals surface area contributed by atoms with E-state index in [9.17, 15) is 45.1 Å². The van der Waals surface area contributed by atoms with E-state index in [1.54, 1.807) is 0 Å². The highest BCUT2D eigenvalue weighted by atomic mass is 32.2. The van der Waals surface area contributed by atoms with Crippen LogP contribution in [0.1, 0.15) is 79.9 Å². The van der Waals surface area contributed by atoms with Crippen molar-refractivity contribution in [2.75, 3.05) is 20.6 Å². The van der Waals surface area contributed by atoms with Gasteiger partial charge in [-0.1, -0.05) is 16.2 Å². The maximum absolute atomic E-state index is 14.1. The zero-order valence-corrected chi connectivity index (χ0v) is 34.7. The number of carbonyl (C=O) groups excluding carboxylic acids is 3. The summed E-state index contributed by atoms with van der Waals surface area (Å²) in [5, 5.41) is 31.0. The summed E-state index contributed by atoms with van der Waals surface area (Å²) in [6.07, 6.45) is 5.59. The van der Waals surface area contributed by atoms with Crippen LogP contribution in [0.3, 0.4) is 0 Å². The first-order valence-electron chi connectivity index (χ1n) is 18.0. The molecule has 1 aromatic rings. The van der Waals surface area contributed by atoms with E-state index in [1.807, 2.05) is 0 Å². The summed E-state index contributed by atoms with van der Waals surface area (Å²) in [4.78, 5) is 59.4. The molecule has 1 saturated heterocycles. The molecule has 2 saturated carbocycles. The number of aromatic nitrogens is 2. The summed E-state index contributed by atoms with van der Waals surface area (Å²) < 4.78 is 85.6. The van der Waals surface area contributed by atoms with Gasteiger partial charge in [-0.15, -0.1) is 13.8 Å². The molecular weight excluding hydrogens is 871 g/mol. The summed E-state index contributed by atoms with van der Waals surface area (Å²) in [7, 11) is -6.72. The van der Waals surface area contributed by atoms with E-state index in [2.05, 4.69) is 39.3 Å². The van der Waals surface area contributed by atoms with Crippen LogP contribution in [0.4, 0.5) is 0 Å². The quantitative estimate of drug-likeness (QED) is 0.0246. The van der Waals surface area contributed by atoms with Crippen LogP contribution in [-0.2, 0) is 53.3 Å². The molecule has 4 aliphatic rings. The molecule has 0 bridgehead atoms. The Balaban J connectivity index is 1.51. The van der Waals surface area contributed by atoms with Crippen LogP contribution < -0.4 is 10.9 Å². The first-order chi connectivity index (χ1) is 28.0. The first-order valence-corrected chi connectivity index (χ1v) is 22.6. The zero-order chi connectivity index (χ0) is 43.1. The number of hydrogen-bond acceptors (Lipinski definition) is 19. The van der Waals surface area contributed by atoms with Crippen LogP contribution in [0.25, 0.3) is 6.08 Å². The molecule has 28 heteroatoms. The molecule has 1 aromatic heterocycles. The van der Waals surface area contributed by atoms with Gasteiger partial charge in [0.05, 0.1) is 17.6 Å². The fourth-order valence-corrected chi connectivity index (χ4v) is 11.0. The molecule has 24 nitrogen and oxygen atoms in total. The number of amides is 3. The van der Waals surface area contributed by atoms with Crippen molar-refractivity contribution in [3.63, 3.8) is 0 Å². The lowest BCUT2D eigenvalue weighted by Gasteiger charge is -2.36. The largest absolute Gasteiger partial charge is 0.429 e. The summed E-state index contributed by atoms with van der Waals surface area (Å²) in [5.74, 6) is -3.17. The van der Waals surface area contributed by atoms with Crippen LogP contribution in [0.2, 0.25) is 0 Å². The molecule has 0 spiro atoms. The summed E-state index contributed by atoms with van der Waals surface area (Å²) >= 11 is 1.36. The first kappa shape index (κ1) is 46.4. The molecule has 5 rings (SSSR count). The number of hydrogen-bond donors (Lipinski definition) is 6. The minimum Gasteiger partial charge on any atom is -0.429 e. The number of rotatable bonds is 17. The fraction of sp³-hybridized carbons (Fsp3) is 0.613. The predicted molar refractivity (Wildman–Crippen MR) is 208 cm³/mol. The average molecular weight is 914 g/mol. The zero-order valence-electron chi connectivity index (χ0n) is 31.4. The maximum atomic E-state index is 14.1. The number of ether oxygens (including phenoxy) is 1. The van der Waals surface area contributed by atoms with Crippen LogP contribution in [-0.4, -0.2) is 134 Å². The molecule has 3 fully saturated rings. The Morgan fingerprint density at radius 2 is 1.59 bits per heavy atom. The Morgan fingerprint density at radius 1 is 0.983 bits per heavy atom. The standard InChI is InChI=1S/C31H43N7O17S4/c1-32-16-51-29-21(31(42)38(35-29)23-15-19(57-55-53-44)8-12-25(23)59(48,49)50)10-6-17(36-13-3-4-26(36)39)5-9-20-27(28(40)33-2)34-37(30(20)41)22-14-18(56-54-52-43)7-11-24(22)58(45,46)47/h5-6,9,16,18-19,21-25,34,43-44H,3-4,7-8,10-15H2,1-2H3,(H,33,40)(H,45,46,47)(H,48,49,50). The molecule has 0 aromatic carbocycles. The molecule has 7 atom stereocenters. The van der Waals surface area contributed by atoms with E-state index in [1.165, 1.54) is 37.2 Å². The van der Waals surface area contributed by atoms with Gasteiger partial charge in [0.2, 0.25) is 11.8 Å². The Hall–Kier alpha value is -3.68. The van der Waals surface area contributed by atoms with Gasteiger partial charge in [-0.05, 0) is 63.5 Å². The number of nitrogens with zero attached hydrogens (tertiary/aromatic N) is 5. The molecule has 7 unspecified atom stereocenters. The second-order valence-corrected chi connectivity index (χ2v) is 19.0. The minimum atomic E-state index is -4.72. The van der Waals surface area contributed by atoms with E-state index < -0.39 is 76.6 Å². The molecule has 0 radical (unpaired) electrons. The van der Waals surface area contributed by atoms with Crippen LogP contribution in [0.5, 0.6) is 0 Å². The van der Waals surface area contributed by atoms with Gasteiger partial charge in [0.15, 0.2) is 6.40 Å². The Morgan fingerprint density at radius 3 is 2.14 bits per heavy atom. The van der Waals surface area contributed by atoms with E-state index in [0.29, 0.717) is 30.5 Å². The minimum absolute atomic E-state index is 0.0558. The highest BCUT2D eigenvalue weighted by molar-refractivity contribution is 7.95. The second kappa shape index (κ2) is 20.3. The molecule has 3 heterocycles. The molecular formula is C31H43N7O17S4. The van der Waals surface area contributed by atoms with Gasteiger partial charge >= 0.3 is 0 Å². The van der Waals surface area contributed by atoms with E-state index in [4.69, 9.17) is 15.3 Å². The maximum Gasteiger partial charge on any atom is 0.274 e. The number of aromatic amines is 1. The Kier molecular flexibility index (Phi) is 15.9. The van der Waals surface area contributed by atoms with Crippen molar-refractivity contribution in [2.45, 2.75) is 90.9 Å². The van der Waals surface area contributed by atoms with Gasteiger partial charge in [0.1, 0.15) is 22.1 Å². The van der Waals surface area contributed by atoms with Crippen molar-refractivity contribution >= 4 is 80.4 Å². The van der Waals surface area contributed by atoms with E-state index >= 15 is 0 Å². The van der Waals surface area contributed by atoms with Gasteiger partial charge < -0.3 is 15.0 Å². The van der Waals surface area contributed by atoms with Gasteiger partial charge in [-0.25, -0.2) is 20.2 Å². The monoisotopic (exact) mass is 913 g/mol. The van der Waals surface area contributed by atoms with Gasteiger partial charge in [0, 0.05) is 67.3 Å². The third-order valence-corrected chi connectivity index (χ3v) is 14.6. The highest BCUT2D eigenvalue weighted by Crippen LogP contribution is 2.39. The van der Waals surface area contributed by atoms with Crippen molar-refractivity contribution in [3.05, 3.63) is 39.5 Å². The normalized spacial score (nSPS) is 27.3. The van der Waals surface area contributed by atoms with Crippen molar-refractivity contribution in [2.24, 2.45) is 16.0 Å². The lowest BCUT2D eigenvalue weighted by atomic mass is 9.93. The van der Waals surface area contributed by atoms with Crippen LogP contribution in [0.15, 0.2) is 32.7 Å². The molecule has 2 aliphatic heterocycles. The second-order valence-electron chi connectivity index (χ2n) is 13.7. The number of likely N-dealkylation sites (tertiary alicyclic amines) is 1. The smallest absolute Gasteiger partial charge is 0.274 e.